The number of nitrogens with one attached hydrogen (secondary N) is 2. The van der Waals surface area contributed by atoms with Crippen molar-refractivity contribution < 1.29 is 0 Å². The third kappa shape index (κ3) is 8.91. The van der Waals surface area contributed by atoms with Crippen molar-refractivity contribution >= 4 is 22.2 Å². The summed E-state index contributed by atoms with van der Waals surface area (Å²) in [5.41, 5.74) is 9.09. The average Bonchev–Trinajstić information content (AvgIpc) is 3.42. The fraction of sp³-hybridized carbons (Fsp3) is 0.179. The van der Waals surface area contributed by atoms with Crippen molar-refractivity contribution in [2.45, 2.75) is 40.8 Å². The summed E-state index contributed by atoms with van der Waals surface area (Å²) in [7, 11) is 1.96. The van der Waals surface area contributed by atoms with Crippen molar-refractivity contribution in [3.05, 3.63) is 144 Å². The molecule has 6 rings (SSSR count). The third-order valence-electron chi connectivity index (χ3n) is 6.82. The van der Waals surface area contributed by atoms with Gasteiger partial charge in [0.05, 0.1) is 11.9 Å². The first-order valence-corrected chi connectivity index (χ1v) is 14.6. The number of benzene rings is 4. The van der Waals surface area contributed by atoms with E-state index in [-0.39, 0.29) is 0 Å². The molecule has 0 aliphatic heterocycles. The van der Waals surface area contributed by atoms with Gasteiger partial charge >= 0.3 is 0 Å². The maximum Gasteiger partial charge on any atom is 0.160 e. The van der Waals surface area contributed by atoms with Gasteiger partial charge in [-0.15, -0.1) is 25.5 Å². The predicted molar refractivity (Wildman–Crippen MR) is 189 cm³/mol. The lowest BCUT2D eigenvalue weighted by Gasteiger charge is -2.13. The minimum absolute atomic E-state index is 0.725. The van der Waals surface area contributed by atoms with Gasteiger partial charge in [0.25, 0.3) is 0 Å². The van der Waals surface area contributed by atoms with E-state index in [9.17, 15) is 0 Å². The fourth-order valence-electron chi connectivity index (χ4n) is 4.75. The van der Waals surface area contributed by atoms with Crippen LogP contribution in [0.2, 0.25) is 0 Å². The van der Waals surface area contributed by atoms with Crippen LogP contribution in [0.15, 0.2) is 116 Å². The second-order valence-corrected chi connectivity index (χ2v) is 10.2. The van der Waals surface area contributed by atoms with Crippen LogP contribution in [0.5, 0.6) is 0 Å². The van der Waals surface area contributed by atoms with E-state index in [2.05, 4.69) is 152 Å². The first-order valence-electron chi connectivity index (χ1n) is 14.6. The van der Waals surface area contributed by atoms with Crippen molar-refractivity contribution in [2.75, 3.05) is 12.4 Å². The van der Waals surface area contributed by atoms with E-state index >= 15 is 0 Å². The number of aromatic nitrogens is 3. The van der Waals surface area contributed by atoms with E-state index in [1.54, 1.807) is 6.92 Å². The van der Waals surface area contributed by atoms with Crippen LogP contribution in [-0.2, 0) is 13.1 Å². The molecule has 224 valence electrons. The monoisotopic (exact) mass is 581 g/mol. The first kappa shape index (κ1) is 33.3. The lowest BCUT2D eigenvalue weighted by Crippen LogP contribution is -2.08. The molecule has 0 unspecified atom stereocenters. The molecule has 2 aromatic heterocycles. The van der Waals surface area contributed by atoms with Crippen molar-refractivity contribution in [2.24, 2.45) is 0 Å². The second-order valence-electron chi connectivity index (χ2n) is 10.2. The molecule has 0 saturated heterocycles. The third-order valence-corrected chi connectivity index (χ3v) is 6.82. The highest BCUT2D eigenvalue weighted by molar-refractivity contribution is 5.82. The van der Waals surface area contributed by atoms with Gasteiger partial charge in [-0.2, -0.15) is 9.61 Å². The molecule has 5 nitrogen and oxygen atoms in total. The van der Waals surface area contributed by atoms with E-state index in [1.165, 1.54) is 33.0 Å². The number of terminal acetylenes is 1. The van der Waals surface area contributed by atoms with E-state index in [4.69, 9.17) is 4.98 Å². The summed E-state index contributed by atoms with van der Waals surface area (Å²) in [5.74, 6) is 3.19. The van der Waals surface area contributed by atoms with Gasteiger partial charge in [-0.3, -0.25) is 0 Å². The predicted octanol–water partition coefficient (Wildman–Crippen LogP) is 8.93. The van der Waals surface area contributed by atoms with Crippen molar-refractivity contribution in [3.63, 3.8) is 0 Å². The number of hydrogen-bond donors (Lipinski definition) is 2. The Labute approximate surface area is 262 Å². The van der Waals surface area contributed by atoms with E-state index in [0.717, 1.165) is 41.4 Å². The molecule has 0 saturated carbocycles. The molecule has 0 aliphatic carbocycles. The van der Waals surface area contributed by atoms with Crippen molar-refractivity contribution in [3.8, 4) is 23.6 Å². The highest BCUT2D eigenvalue weighted by Gasteiger charge is 2.12. The summed E-state index contributed by atoms with van der Waals surface area (Å²) < 4.78 is 1.88. The molecule has 0 spiro atoms. The summed E-state index contributed by atoms with van der Waals surface area (Å²) in [6, 6.07) is 33.9. The summed E-state index contributed by atoms with van der Waals surface area (Å²) in [5, 5.41) is 13.9. The van der Waals surface area contributed by atoms with E-state index < -0.39 is 0 Å². The van der Waals surface area contributed by atoms with Gasteiger partial charge in [0, 0.05) is 30.3 Å². The molecule has 2 heterocycles. The Hall–Kier alpha value is -5.18. The topological polar surface area (TPSA) is 54.2 Å². The molecule has 4 aromatic carbocycles. The Balaban J connectivity index is 0.000000273. The lowest BCUT2D eigenvalue weighted by molar-refractivity contribution is 0.816. The molecule has 0 fully saturated rings. The minimum atomic E-state index is 0.725. The molecular formula is C39H43N5. The average molecular weight is 582 g/mol. The number of aryl methyl sites for hydroxylation is 3. The molecule has 0 amide bonds. The van der Waals surface area contributed by atoms with E-state index in [0.29, 0.717) is 0 Å². The molecule has 0 radical (unpaired) electrons. The largest absolute Gasteiger partial charge is 0.366 e. The molecule has 5 heteroatoms. The lowest BCUT2D eigenvalue weighted by atomic mass is 10.1. The van der Waals surface area contributed by atoms with Gasteiger partial charge in [-0.1, -0.05) is 96.6 Å². The SMILES string of the molecule is C#CC.C=C.CNCc1cccc(CNc2cc(-c3ccccc3C)nc3c(C)cnn23)c1.Cc1ccc2ccccc2c1. The van der Waals surface area contributed by atoms with Gasteiger partial charge in [-0.25, -0.2) is 4.98 Å². The van der Waals surface area contributed by atoms with Crippen molar-refractivity contribution in [1.82, 2.24) is 19.9 Å². The Morgan fingerprint density at radius 1 is 0.773 bits per heavy atom. The molecule has 44 heavy (non-hydrogen) atoms. The molecule has 2 N–H and O–H groups in total. The molecule has 0 bridgehead atoms. The molecule has 0 aliphatic rings. The smallest absolute Gasteiger partial charge is 0.160 e. The van der Waals surface area contributed by atoms with Crippen LogP contribution in [0.1, 0.15) is 34.7 Å². The Morgan fingerprint density at radius 3 is 2.14 bits per heavy atom. The number of fused-ring (bicyclic) bond motifs is 2. The minimum Gasteiger partial charge on any atom is -0.366 e. The first-order chi connectivity index (χ1) is 21.4. The number of anilines is 1. The summed E-state index contributed by atoms with van der Waals surface area (Å²) >= 11 is 0. The molecule has 6 aromatic rings. The van der Waals surface area contributed by atoms with Crippen molar-refractivity contribution in [1.29, 1.82) is 0 Å². The zero-order chi connectivity index (χ0) is 31.9. The Kier molecular flexibility index (Phi) is 12.9. The van der Waals surface area contributed by atoms with Crippen LogP contribution in [0, 0.1) is 33.1 Å². The summed E-state index contributed by atoms with van der Waals surface area (Å²) in [6.07, 6.45) is 6.46. The second kappa shape index (κ2) is 17.1. The quantitative estimate of drug-likeness (QED) is 0.152. The zero-order valence-corrected chi connectivity index (χ0v) is 26.6. The van der Waals surface area contributed by atoms with Gasteiger partial charge in [-0.05, 0) is 62.2 Å². The standard InChI is InChI=1S/C23H25N5.C11H10.C3H4.C2H4/c1-16-7-4-5-10-20(16)21-12-22(28-23(27-21)17(2)13-26-28)25-15-19-9-6-8-18(11-19)14-24-3;1-9-6-7-10-4-2-3-5-11(10)8-9;1-3-2;1-2/h4-13,24-25H,14-15H2,1-3H3;2-8H,1H3;1H,2H3;1-2H2. The van der Waals surface area contributed by atoms with Crippen LogP contribution < -0.4 is 10.6 Å². The zero-order valence-electron chi connectivity index (χ0n) is 26.6. The normalized spacial score (nSPS) is 9.91. The van der Waals surface area contributed by atoms with Crippen LogP contribution in [-0.4, -0.2) is 21.6 Å². The van der Waals surface area contributed by atoms with Crippen LogP contribution in [0.3, 0.4) is 0 Å². The maximum atomic E-state index is 4.87. The number of hydrogen-bond acceptors (Lipinski definition) is 4. The maximum absolute atomic E-state index is 4.87. The number of rotatable bonds is 6. The van der Waals surface area contributed by atoms with Gasteiger partial charge in [0.2, 0.25) is 0 Å². The summed E-state index contributed by atoms with van der Waals surface area (Å²) in [4.78, 5) is 4.87. The van der Waals surface area contributed by atoms with Gasteiger partial charge < -0.3 is 10.6 Å². The Morgan fingerprint density at radius 2 is 1.43 bits per heavy atom. The number of nitrogens with zero attached hydrogens (tertiary/aromatic N) is 3. The van der Waals surface area contributed by atoms with E-state index in [1.807, 2.05) is 24.7 Å². The fourth-order valence-corrected chi connectivity index (χ4v) is 4.75. The van der Waals surface area contributed by atoms with Crippen LogP contribution in [0.25, 0.3) is 27.7 Å². The molecular weight excluding hydrogens is 538 g/mol. The highest BCUT2D eigenvalue weighted by atomic mass is 15.3. The highest BCUT2D eigenvalue weighted by Crippen LogP contribution is 2.26. The Bertz CT molecular complexity index is 1830. The van der Waals surface area contributed by atoms with Crippen LogP contribution >= 0.6 is 0 Å². The summed E-state index contributed by atoms with van der Waals surface area (Å²) in [6.45, 7) is 15.5. The van der Waals surface area contributed by atoms with Gasteiger partial charge in [0.1, 0.15) is 5.82 Å². The van der Waals surface area contributed by atoms with Crippen LogP contribution in [0.4, 0.5) is 5.82 Å². The van der Waals surface area contributed by atoms with Gasteiger partial charge in [0.15, 0.2) is 5.65 Å². The molecule has 0 atom stereocenters.